The molecule has 0 spiro atoms. The molecule has 1 aromatic heterocycles. The van der Waals surface area contributed by atoms with Crippen LogP contribution < -0.4 is 0 Å². The molecule has 2 aliphatic carbocycles. The van der Waals surface area contributed by atoms with Crippen molar-refractivity contribution in [3.63, 3.8) is 0 Å². The van der Waals surface area contributed by atoms with Gasteiger partial charge in [0.1, 0.15) is 0 Å². The van der Waals surface area contributed by atoms with Crippen LogP contribution in [0.15, 0.2) is 152 Å². The summed E-state index contributed by atoms with van der Waals surface area (Å²) in [6, 6.07) is 55.6. The fraction of sp³-hybridized carbons (Fsp3) is 0.0652. The summed E-state index contributed by atoms with van der Waals surface area (Å²) in [4.78, 5) is 5.41. The van der Waals surface area contributed by atoms with E-state index in [2.05, 4.69) is 166 Å². The topological polar surface area (TPSA) is 12.9 Å². The van der Waals surface area contributed by atoms with E-state index in [0.717, 1.165) is 11.4 Å². The lowest BCUT2D eigenvalue weighted by Gasteiger charge is -2.21. The van der Waals surface area contributed by atoms with E-state index in [1.165, 1.54) is 88.3 Å². The van der Waals surface area contributed by atoms with Gasteiger partial charge in [0.25, 0.3) is 0 Å². The Morgan fingerprint density at radius 1 is 0.383 bits per heavy atom. The fourth-order valence-electron chi connectivity index (χ4n) is 8.53. The molecule has 2 aliphatic rings. The smallest absolute Gasteiger partial charge is 0.0753 e. The monoisotopic (exact) mass is 597 g/mol. The van der Waals surface area contributed by atoms with Gasteiger partial charge in [0, 0.05) is 16.5 Å². The van der Waals surface area contributed by atoms with Crippen LogP contribution in [0.4, 0.5) is 0 Å². The largest absolute Gasteiger partial charge is 0.247 e. The summed E-state index contributed by atoms with van der Waals surface area (Å²) in [5.74, 6) is 0. The van der Waals surface area contributed by atoms with E-state index in [4.69, 9.17) is 4.98 Å². The van der Waals surface area contributed by atoms with Crippen molar-refractivity contribution in [2.24, 2.45) is 0 Å². The zero-order chi connectivity index (χ0) is 31.3. The molecule has 7 aromatic carbocycles. The minimum absolute atomic E-state index is 0.0647. The summed E-state index contributed by atoms with van der Waals surface area (Å²) in [7, 11) is 0. The third-order valence-corrected chi connectivity index (χ3v) is 10.6. The first-order valence-corrected chi connectivity index (χ1v) is 16.5. The molecular weight excluding hydrogens is 567 g/mol. The third-order valence-electron chi connectivity index (χ3n) is 10.6. The van der Waals surface area contributed by atoms with Gasteiger partial charge in [0.15, 0.2) is 0 Å². The number of benzene rings is 7. The van der Waals surface area contributed by atoms with Crippen molar-refractivity contribution < 1.29 is 0 Å². The van der Waals surface area contributed by atoms with Gasteiger partial charge >= 0.3 is 0 Å². The predicted molar refractivity (Wildman–Crippen MR) is 198 cm³/mol. The van der Waals surface area contributed by atoms with Crippen LogP contribution in [0, 0.1) is 0 Å². The molecule has 0 amide bonds. The highest BCUT2D eigenvalue weighted by Gasteiger charge is 2.37. The SMILES string of the molecule is CC1(C)c2ccccc2-c2nc(-c3ccc4c5c(cccc35)-c3c-4c(-c4ccccc4)c4ccccc4c3-c3ccccc3)ccc21. The standard InChI is InChI=1S/C46H31N/c1-46(2)37-23-12-11-20-34(37)45-38(46)26-27-39(47-45)30-24-25-36-42-31(30)21-13-22-35(42)43-40(28-14-5-3-6-15-28)32-18-9-10-19-33(32)41(44(36)43)29-16-7-4-8-17-29/h3-27H,1-2H3. The lowest BCUT2D eigenvalue weighted by atomic mass is 9.82. The number of rotatable bonds is 3. The summed E-state index contributed by atoms with van der Waals surface area (Å²) in [6.45, 7) is 4.63. The molecule has 10 rings (SSSR count). The minimum atomic E-state index is -0.0647. The third kappa shape index (κ3) is 3.57. The lowest BCUT2D eigenvalue weighted by Crippen LogP contribution is -2.14. The van der Waals surface area contributed by atoms with E-state index in [-0.39, 0.29) is 5.41 Å². The highest BCUT2D eigenvalue weighted by molar-refractivity contribution is 6.28. The summed E-state index contributed by atoms with van der Waals surface area (Å²) in [6.07, 6.45) is 0. The molecule has 8 aromatic rings. The molecule has 0 bridgehead atoms. The Morgan fingerprint density at radius 3 is 1.60 bits per heavy atom. The van der Waals surface area contributed by atoms with Gasteiger partial charge in [-0.1, -0.05) is 159 Å². The lowest BCUT2D eigenvalue weighted by molar-refractivity contribution is 0.659. The average Bonchev–Trinajstić information content (AvgIpc) is 3.57. The Labute approximate surface area is 274 Å². The summed E-state index contributed by atoms with van der Waals surface area (Å²) in [5.41, 5.74) is 17.5. The number of fused-ring (bicyclic) bond motifs is 7. The van der Waals surface area contributed by atoms with Gasteiger partial charge in [0.05, 0.1) is 11.4 Å². The zero-order valence-corrected chi connectivity index (χ0v) is 26.4. The molecule has 0 radical (unpaired) electrons. The molecule has 0 saturated carbocycles. The maximum absolute atomic E-state index is 5.41. The molecule has 1 nitrogen and oxygen atoms in total. The molecule has 1 heterocycles. The van der Waals surface area contributed by atoms with Crippen LogP contribution in [0.3, 0.4) is 0 Å². The van der Waals surface area contributed by atoms with Gasteiger partial charge < -0.3 is 0 Å². The maximum Gasteiger partial charge on any atom is 0.0753 e. The molecule has 0 fully saturated rings. The first-order valence-electron chi connectivity index (χ1n) is 16.5. The van der Waals surface area contributed by atoms with Crippen molar-refractivity contribution in [1.82, 2.24) is 4.98 Å². The van der Waals surface area contributed by atoms with Gasteiger partial charge in [-0.25, -0.2) is 4.98 Å². The van der Waals surface area contributed by atoms with Crippen molar-refractivity contribution in [2.45, 2.75) is 19.3 Å². The van der Waals surface area contributed by atoms with Crippen molar-refractivity contribution >= 4 is 21.5 Å². The molecule has 0 aliphatic heterocycles. The molecule has 47 heavy (non-hydrogen) atoms. The van der Waals surface area contributed by atoms with E-state index in [1.54, 1.807) is 0 Å². The Kier molecular flexibility index (Phi) is 5.40. The first-order chi connectivity index (χ1) is 23.1. The van der Waals surface area contributed by atoms with E-state index in [1.807, 2.05) is 0 Å². The van der Waals surface area contributed by atoms with Gasteiger partial charge in [-0.15, -0.1) is 0 Å². The molecule has 0 saturated heterocycles. The number of nitrogens with zero attached hydrogens (tertiary/aromatic N) is 1. The van der Waals surface area contributed by atoms with Gasteiger partial charge in [-0.05, 0) is 83.2 Å². The number of hydrogen-bond donors (Lipinski definition) is 0. The molecule has 0 unspecified atom stereocenters. The number of hydrogen-bond acceptors (Lipinski definition) is 1. The quantitative estimate of drug-likeness (QED) is 0.197. The number of pyridine rings is 1. The minimum Gasteiger partial charge on any atom is -0.247 e. The second kappa shape index (κ2) is 9.61. The Bertz CT molecular complexity index is 2480. The van der Waals surface area contributed by atoms with Crippen LogP contribution in [0.25, 0.3) is 88.6 Å². The Balaban J connectivity index is 1.30. The van der Waals surface area contributed by atoms with Crippen molar-refractivity contribution in [1.29, 1.82) is 0 Å². The summed E-state index contributed by atoms with van der Waals surface area (Å²) in [5, 5.41) is 5.12. The van der Waals surface area contributed by atoms with Crippen molar-refractivity contribution in [3.8, 4) is 67.0 Å². The predicted octanol–water partition coefficient (Wildman–Crippen LogP) is 12.3. The number of aromatic nitrogens is 1. The maximum atomic E-state index is 5.41. The van der Waals surface area contributed by atoms with Crippen LogP contribution in [0.1, 0.15) is 25.0 Å². The second-order valence-corrected chi connectivity index (χ2v) is 13.4. The normalized spacial score (nSPS) is 13.5. The second-order valence-electron chi connectivity index (χ2n) is 13.4. The van der Waals surface area contributed by atoms with Crippen LogP contribution in [0.2, 0.25) is 0 Å². The van der Waals surface area contributed by atoms with Gasteiger partial charge in [0.2, 0.25) is 0 Å². The molecule has 1 heteroatoms. The van der Waals surface area contributed by atoms with E-state index < -0.39 is 0 Å². The van der Waals surface area contributed by atoms with Crippen LogP contribution in [-0.2, 0) is 5.41 Å². The van der Waals surface area contributed by atoms with Crippen LogP contribution >= 0.6 is 0 Å². The molecule has 0 N–H and O–H groups in total. The zero-order valence-electron chi connectivity index (χ0n) is 26.4. The van der Waals surface area contributed by atoms with Crippen molar-refractivity contribution in [3.05, 3.63) is 163 Å². The molecular formula is C46H31N. The van der Waals surface area contributed by atoms with Crippen LogP contribution in [0.5, 0.6) is 0 Å². The van der Waals surface area contributed by atoms with Gasteiger partial charge in [-0.3, -0.25) is 0 Å². The molecule has 0 atom stereocenters. The highest BCUT2D eigenvalue weighted by atomic mass is 14.7. The summed E-state index contributed by atoms with van der Waals surface area (Å²) >= 11 is 0. The highest BCUT2D eigenvalue weighted by Crippen LogP contribution is 2.58. The van der Waals surface area contributed by atoms with Crippen molar-refractivity contribution in [2.75, 3.05) is 0 Å². The Morgan fingerprint density at radius 2 is 0.915 bits per heavy atom. The Hall–Kier alpha value is -5.79. The fourth-order valence-corrected chi connectivity index (χ4v) is 8.53. The van der Waals surface area contributed by atoms with Crippen LogP contribution in [-0.4, -0.2) is 4.98 Å². The van der Waals surface area contributed by atoms with E-state index in [0.29, 0.717) is 0 Å². The first kappa shape index (κ1) is 26.4. The summed E-state index contributed by atoms with van der Waals surface area (Å²) < 4.78 is 0. The van der Waals surface area contributed by atoms with Gasteiger partial charge in [-0.2, -0.15) is 0 Å². The van der Waals surface area contributed by atoms with E-state index >= 15 is 0 Å². The average molecular weight is 598 g/mol. The van der Waals surface area contributed by atoms with E-state index in [9.17, 15) is 0 Å². The molecule has 220 valence electrons.